The zero-order chi connectivity index (χ0) is 19.5. The standard InChI is InChI=1S/C22H26N4O2/c1-16-12-24-22(17-7-5-10-23-13-17)26(16)19-9-11-25(15-19)14-18-6-4-8-20(27-2)21(18)28-3/h4-8,10,12-13,19H,9,11,14-15H2,1-3H3. The van der Waals surface area contributed by atoms with Crippen LogP contribution in [-0.2, 0) is 6.54 Å². The molecule has 0 N–H and O–H groups in total. The number of likely N-dealkylation sites (tertiary alicyclic amines) is 1. The minimum atomic E-state index is 0.398. The van der Waals surface area contributed by atoms with Crippen molar-refractivity contribution in [1.29, 1.82) is 0 Å². The molecular formula is C22H26N4O2. The largest absolute Gasteiger partial charge is 0.493 e. The van der Waals surface area contributed by atoms with Gasteiger partial charge in [-0.2, -0.15) is 0 Å². The number of pyridine rings is 1. The lowest BCUT2D eigenvalue weighted by atomic mass is 10.1. The van der Waals surface area contributed by atoms with Crippen LogP contribution in [0.1, 0.15) is 23.7 Å². The van der Waals surface area contributed by atoms with Gasteiger partial charge < -0.3 is 14.0 Å². The van der Waals surface area contributed by atoms with Crippen molar-refractivity contribution in [3.8, 4) is 22.9 Å². The molecule has 1 aromatic carbocycles. The molecule has 0 bridgehead atoms. The van der Waals surface area contributed by atoms with E-state index in [-0.39, 0.29) is 0 Å². The summed E-state index contributed by atoms with van der Waals surface area (Å²) in [5.74, 6) is 2.60. The molecule has 1 aliphatic rings. The molecule has 1 aliphatic heterocycles. The average molecular weight is 378 g/mol. The highest BCUT2D eigenvalue weighted by atomic mass is 16.5. The summed E-state index contributed by atoms with van der Waals surface area (Å²) < 4.78 is 13.4. The zero-order valence-corrected chi connectivity index (χ0v) is 16.6. The molecule has 1 saturated heterocycles. The molecule has 6 nitrogen and oxygen atoms in total. The normalized spacial score (nSPS) is 17.0. The van der Waals surface area contributed by atoms with Crippen molar-refractivity contribution in [3.05, 3.63) is 60.2 Å². The molecule has 3 aromatic rings. The first-order chi connectivity index (χ1) is 13.7. The number of benzene rings is 1. The Morgan fingerprint density at radius 2 is 2.00 bits per heavy atom. The summed E-state index contributed by atoms with van der Waals surface area (Å²) >= 11 is 0. The molecule has 1 unspecified atom stereocenters. The Hall–Kier alpha value is -2.86. The van der Waals surface area contributed by atoms with Crippen LogP contribution < -0.4 is 9.47 Å². The molecule has 6 heteroatoms. The zero-order valence-electron chi connectivity index (χ0n) is 16.6. The van der Waals surface area contributed by atoms with E-state index in [0.717, 1.165) is 54.5 Å². The molecule has 0 radical (unpaired) electrons. The fourth-order valence-electron chi connectivity index (χ4n) is 4.10. The van der Waals surface area contributed by atoms with Crippen molar-refractivity contribution in [2.75, 3.05) is 27.3 Å². The second-order valence-electron chi connectivity index (χ2n) is 7.17. The third kappa shape index (κ3) is 3.47. The minimum absolute atomic E-state index is 0.398. The van der Waals surface area contributed by atoms with Crippen LogP contribution in [0.4, 0.5) is 0 Å². The molecule has 1 fully saturated rings. The lowest BCUT2D eigenvalue weighted by Crippen LogP contribution is -2.22. The van der Waals surface area contributed by atoms with E-state index >= 15 is 0 Å². The molecule has 0 amide bonds. The van der Waals surface area contributed by atoms with Gasteiger partial charge in [0.15, 0.2) is 11.5 Å². The molecule has 0 saturated carbocycles. The number of ether oxygens (including phenoxy) is 2. The second kappa shape index (κ2) is 8.02. The van der Waals surface area contributed by atoms with Gasteiger partial charge in [-0.3, -0.25) is 9.88 Å². The Kier molecular flexibility index (Phi) is 5.30. The van der Waals surface area contributed by atoms with Crippen molar-refractivity contribution in [1.82, 2.24) is 19.4 Å². The van der Waals surface area contributed by atoms with Crippen LogP contribution in [0.5, 0.6) is 11.5 Å². The van der Waals surface area contributed by atoms with Gasteiger partial charge in [-0.15, -0.1) is 0 Å². The number of aromatic nitrogens is 3. The third-order valence-electron chi connectivity index (χ3n) is 5.39. The summed E-state index contributed by atoms with van der Waals surface area (Å²) in [5.41, 5.74) is 3.39. The number of imidazole rings is 1. The number of methoxy groups -OCH3 is 2. The molecule has 4 rings (SSSR count). The number of para-hydroxylation sites is 1. The molecule has 2 aromatic heterocycles. The quantitative estimate of drug-likeness (QED) is 0.654. The van der Waals surface area contributed by atoms with Crippen LogP contribution in [0.3, 0.4) is 0 Å². The first kappa shape index (κ1) is 18.5. The van der Waals surface area contributed by atoms with Crippen molar-refractivity contribution in [2.24, 2.45) is 0 Å². The molecule has 146 valence electrons. The van der Waals surface area contributed by atoms with Gasteiger partial charge in [-0.25, -0.2) is 4.98 Å². The van der Waals surface area contributed by atoms with Gasteiger partial charge in [-0.1, -0.05) is 12.1 Å². The topological polar surface area (TPSA) is 52.4 Å². The van der Waals surface area contributed by atoms with E-state index in [1.54, 1.807) is 20.4 Å². The third-order valence-corrected chi connectivity index (χ3v) is 5.39. The number of hydrogen-bond donors (Lipinski definition) is 0. The predicted octanol–water partition coefficient (Wildman–Crippen LogP) is 3.72. The van der Waals surface area contributed by atoms with Gasteiger partial charge in [0.2, 0.25) is 0 Å². The summed E-state index contributed by atoms with van der Waals surface area (Å²) in [6, 6.07) is 10.5. The van der Waals surface area contributed by atoms with Crippen molar-refractivity contribution < 1.29 is 9.47 Å². The van der Waals surface area contributed by atoms with Crippen LogP contribution in [0.25, 0.3) is 11.4 Å². The van der Waals surface area contributed by atoms with Crippen molar-refractivity contribution >= 4 is 0 Å². The van der Waals surface area contributed by atoms with Crippen molar-refractivity contribution in [2.45, 2.75) is 25.9 Å². The molecule has 1 atom stereocenters. The fraction of sp³-hybridized carbons (Fsp3) is 0.364. The number of nitrogens with zero attached hydrogens (tertiary/aromatic N) is 4. The first-order valence-electron chi connectivity index (χ1n) is 9.57. The van der Waals surface area contributed by atoms with Gasteiger partial charge in [0.1, 0.15) is 5.82 Å². The fourth-order valence-corrected chi connectivity index (χ4v) is 4.10. The Labute approximate surface area is 165 Å². The molecule has 0 aliphatic carbocycles. The summed E-state index contributed by atoms with van der Waals surface area (Å²) in [6.45, 7) is 4.98. The Morgan fingerprint density at radius 3 is 2.75 bits per heavy atom. The van der Waals surface area contributed by atoms with Crippen LogP contribution in [0.2, 0.25) is 0 Å². The lowest BCUT2D eigenvalue weighted by Gasteiger charge is -2.21. The van der Waals surface area contributed by atoms with Crippen LogP contribution in [-0.4, -0.2) is 46.7 Å². The minimum Gasteiger partial charge on any atom is -0.493 e. The highest BCUT2D eigenvalue weighted by molar-refractivity contribution is 5.54. The van der Waals surface area contributed by atoms with Crippen LogP contribution in [0.15, 0.2) is 48.9 Å². The smallest absolute Gasteiger partial charge is 0.165 e. The lowest BCUT2D eigenvalue weighted by molar-refractivity contribution is 0.301. The average Bonchev–Trinajstić information content (AvgIpc) is 3.34. The maximum atomic E-state index is 5.60. The van der Waals surface area contributed by atoms with E-state index in [9.17, 15) is 0 Å². The van der Waals surface area contributed by atoms with Crippen LogP contribution >= 0.6 is 0 Å². The first-order valence-corrected chi connectivity index (χ1v) is 9.57. The van der Waals surface area contributed by atoms with Gasteiger partial charge in [-0.05, 0) is 31.5 Å². The second-order valence-corrected chi connectivity index (χ2v) is 7.17. The van der Waals surface area contributed by atoms with E-state index < -0.39 is 0 Å². The van der Waals surface area contributed by atoms with Crippen molar-refractivity contribution in [3.63, 3.8) is 0 Å². The van der Waals surface area contributed by atoms with E-state index in [1.807, 2.05) is 30.6 Å². The molecule has 0 spiro atoms. The van der Waals surface area contributed by atoms with E-state index in [1.165, 1.54) is 5.69 Å². The van der Waals surface area contributed by atoms with E-state index in [2.05, 4.69) is 38.5 Å². The number of aryl methyl sites for hydroxylation is 1. The summed E-state index contributed by atoms with van der Waals surface area (Å²) in [7, 11) is 3.37. The van der Waals surface area contributed by atoms with Gasteiger partial charge in [0.05, 0.1) is 14.2 Å². The maximum Gasteiger partial charge on any atom is 0.165 e. The van der Waals surface area contributed by atoms with E-state index in [4.69, 9.17) is 9.47 Å². The Bertz CT molecular complexity index is 939. The number of hydrogen-bond acceptors (Lipinski definition) is 5. The van der Waals surface area contributed by atoms with Crippen LogP contribution in [0, 0.1) is 6.92 Å². The van der Waals surface area contributed by atoms with Gasteiger partial charge >= 0.3 is 0 Å². The SMILES string of the molecule is COc1cccc(CN2CCC(n3c(C)cnc3-c3cccnc3)C2)c1OC. The monoisotopic (exact) mass is 378 g/mol. The highest BCUT2D eigenvalue weighted by Crippen LogP contribution is 2.34. The van der Waals surface area contributed by atoms with E-state index in [0.29, 0.717) is 6.04 Å². The maximum absolute atomic E-state index is 5.60. The predicted molar refractivity (Wildman–Crippen MR) is 109 cm³/mol. The summed E-state index contributed by atoms with van der Waals surface area (Å²) in [5, 5.41) is 0. The molecule has 28 heavy (non-hydrogen) atoms. The highest BCUT2D eigenvalue weighted by Gasteiger charge is 2.28. The number of rotatable bonds is 6. The Morgan fingerprint density at radius 1 is 1.11 bits per heavy atom. The summed E-state index contributed by atoms with van der Waals surface area (Å²) in [4.78, 5) is 11.4. The molecule has 3 heterocycles. The summed E-state index contributed by atoms with van der Waals surface area (Å²) in [6.07, 6.45) is 6.72. The Balaban J connectivity index is 1.54. The van der Waals surface area contributed by atoms with Gasteiger partial charge in [0, 0.05) is 61.1 Å². The molecular weight excluding hydrogens is 352 g/mol. The van der Waals surface area contributed by atoms with Gasteiger partial charge in [0.25, 0.3) is 0 Å².